The molecule has 0 saturated carbocycles. The summed E-state index contributed by atoms with van der Waals surface area (Å²) in [7, 11) is 0. The molecule has 8 nitrogen and oxygen atoms in total. The number of carbonyl (C=O) groups is 1. The molecule has 0 bridgehead atoms. The van der Waals surface area contributed by atoms with Crippen LogP contribution in [0.1, 0.15) is 20.8 Å². The van der Waals surface area contributed by atoms with Gasteiger partial charge in [-0.1, -0.05) is 29.4 Å². The van der Waals surface area contributed by atoms with Crippen molar-refractivity contribution >= 4 is 46.1 Å². The summed E-state index contributed by atoms with van der Waals surface area (Å²) in [5.74, 6) is -0.230. The van der Waals surface area contributed by atoms with Gasteiger partial charge in [0.2, 0.25) is 5.91 Å². The van der Waals surface area contributed by atoms with Crippen LogP contribution in [0.4, 0.5) is 5.69 Å². The fourth-order valence-corrected chi connectivity index (χ4v) is 3.79. The lowest BCUT2D eigenvalue weighted by Crippen LogP contribution is -2.39. The van der Waals surface area contributed by atoms with Crippen LogP contribution in [-0.2, 0) is 17.9 Å². The van der Waals surface area contributed by atoms with E-state index in [2.05, 4.69) is 15.3 Å². The van der Waals surface area contributed by atoms with Crippen molar-refractivity contribution in [2.24, 2.45) is 0 Å². The van der Waals surface area contributed by atoms with E-state index >= 15 is 0 Å². The number of aromatic amines is 1. The van der Waals surface area contributed by atoms with Gasteiger partial charge in [0.05, 0.1) is 5.25 Å². The fraction of sp³-hybridized carbons (Fsp3) is 0.333. The van der Waals surface area contributed by atoms with E-state index in [1.54, 1.807) is 38.1 Å². The van der Waals surface area contributed by atoms with Gasteiger partial charge in [0.25, 0.3) is 5.56 Å². The Balaban J connectivity index is 1.88. The molecule has 3 aromatic rings. The molecule has 2 heterocycles. The monoisotopic (exact) mass is 421 g/mol. The van der Waals surface area contributed by atoms with Crippen LogP contribution in [0.5, 0.6) is 0 Å². The minimum Gasteiger partial charge on any atom is -0.327 e. The summed E-state index contributed by atoms with van der Waals surface area (Å²) in [6.07, 6.45) is 0. The zero-order valence-electron chi connectivity index (χ0n) is 15.7. The molecule has 10 heteroatoms. The summed E-state index contributed by atoms with van der Waals surface area (Å²) in [4.78, 5) is 44.7. The first-order valence-corrected chi connectivity index (χ1v) is 10.1. The Labute approximate surface area is 169 Å². The number of halogens is 1. The highest BCUT2D eigenvalue weighted by atomic mass is 35.5. The van der Waals surface area contributed by atoms with Crippen LogP contribution >= 0.6 is 23.4 Å². The quantitative estimate of drug-likeness (QED) is 0.596. The summed E-state index contributed by atoms with van der Waals surface area (Å²) in [6, 6.07) is 6.87. The molecule has 2 N–H and O–H groups in total. The summed E-state index contributed by atoms with van der Waals surface area (Å²) in [6.45, 7) is 5.94. The second kappa shape index (κ2) is 8.24. The number of nitrogens with one attached hydrogen (secondary N) is 2. The summed E-state index contributed by atoms with van der Waals surface area (Å²) >= 11 is 7.11. The Kier molecular flexibility index (Phi) is 5.95. The third-order valence-electron chi connectivity index (χ3n) is 4.22. The van der Waals surface area contributed by atoms with E-state index in [0.717, 1.165) is 4.57 Å². The average Bonchev–Trinajstić information content (AvgIpc) is 3.06. The second-order valence-corrected chi connectivity index (χ2v) is 7.84. The minimum atomic E-state index is -0.491. The number of aryl methyl sites for hydroxylation is 1. The van der Waals surface area contributed by atoms with Crippen molar-refractivity contribution in [2.75, 3.05) is 5.32 Å². The molecular formula is C18H20ClN5O3S. The first-order chi connectivity index (χ1) is 13.3. The Morgan fingerprint density at radius 1 is 1.29 bits per heavy atom. The van der Waals surface area contributed by atoms with E-state index in [1.165, 1.54) is 16.3 Å². The van der Waals surface area contributed by atoms with Gasteiger partial charge in [-0.25, -0.2) is 9.78 Å². The lowest BCUT2D eigenvalue weighted by molar-refractivity contribution is -0.115. The molecule has 0 aliphatic carbocycles. The SMILES string of the molecule is CCn1c(=O)c2[nH]c(SC(C)C(=O)Nc3cccc(Cl)c3)nc2n(CC)c1=O. The molecule has 0 fully saturated rings. The summed E-state index contributed by atoms with van der Waals surface area (Å²) in [5, 5.41) is 3.23. The van der Waals surface area contributed by atoms with Crippen molar-refractivity contribution in [3.8, 4) is 0 Å². The van der Waals surface area contributed by atoms with Crippen LogP contribution in [0.3, 0.4) is 0 Å². The van der Waals surface area contributed by atoms with Gasteiger partial charge in [-0.3, -0.25) is 18.7 Å². The number of anilines is 1. The van der Waals surface area contributed by atoms with E-state index in [-0.39, 0.29) is 18.0 Å². The number of benzene rings is 1. The van der Waals surface area contributed by atoms with Crippen molar-refractivity contribution < 1.29 is 4.79 Å². The van der Waals surface area contributed by atoms with Crippen LogP contribution in [0.2, 0.25) is 5.02 Å². The van der Waals surface area contributed by atoms with Gasteiger partial charge in [-0.05, 0) is 39.0 Å². The predicted molar refractivity (Wildman–Crippen MR) is 111 cm³/mol. The average molecular weight is 422 g/mol. The number of imidazole rings is 1. The molecule has 1 unspecified atom stereocenters. The van der Waals surface area contributed by atoms with Crippen LogP contribution in [-0.4, -0.2) is 30.3 Å². The molecule has 0 aliphatic heterocycles. The van der Waals surface area contributed by atoms with Gasteiger partial charge in [0.15, 0.2) is 16.3 Å². The number of hydrogen-bond acceptors (Lipinski definition) is 5. The molecular weight excluding hydrogens is 402 g/mol. The van der Waals surface area contributed by atoms with E-state index in [4.69, 9.17) is 11.6 Å². The Morgan fingerprint density at radius 3 is 2.64 bits per heavy atom. The second-order valence-electron chi connectivity index (χ2n) is 6.08. The Bertz CT molecular complexity index is 1150. The highest BCUT2D eigenvalue weighted by Gasteiger charge is 2.20. The van der Waals surface area contributed by atoms with Crippen molar-refractivity contribution in [1.29, 1.82) is 0 Å². The molecule has 1 aromatic carbocycles. The van der Waals surface area contributed by atoms with Crippen LogP contribution < -0.4 is 16.6 Å². The standard InChI is InChI=1S/C18H20ClN5O3S/c1-4-23-14-13(16(26)24(5-2)18(23)27)21-17(22-14)28-10(3)15(25)20-12-8-6-7-11(19)9-12/h6-10H,4-5H2,1-3H3,(H,20,25)(H,21,22). The van der Waals surface area contributed by atoms with Gasteiger partial charge in [0, 0.05) is 23.8 Å². The number of hydrogen-bond donors (Lipinski definition) is 2. The van der Waals surface area contributed by atoms with Crippen molar-refractivity contribution in [3.05, 3.63) is 50.1 Å². The van der Waals surface area contributed by atoms with Crippen LogP contribution in [0, 0.1) is 0 Å². The normalized spacial score (nSPS) is 12.3. The third-order valence-corrected chi connectivity index (χ3v) is 5.44. The maximum atomic E-state index is 12.5. The number of amides is 1. The van der Waals surface area contributed by atoms with Crippen molar-refractivity contribution in [1.82, 2.24) is 19.1 Å². The van der Waals surface area contributed by atoms with E-state index in [9.17, 15) is 14.4 Å². The smallest absolute Gasteiger partial charge is 0.327 e. The topological polar surface area (TPSA) is 102 Å². The maximum Gasteiger partial charge on any atom is 0.332 e. The molecule has 1 atom stereocenters. The molecule has 148 valence electrons. The highest BCUT2D eigenvalue weighted by molar-refractivity contribution is 8.00. The lowest BCUT2D eigenvalue weighted by atomic mass is 10.3. The van der Waals surface area contributed by atoms with Gasteiger partial charge in [0.1, 0.15) is 0 Å². The molecule has 0 aliphatic rings. The van der Waals surface area contributed by atoms with Gasteiger partial charge < -0.3 is 10.3 Å². The fourth-order valence-electron chi connectivity index (χ4n) is 2.80. The number of H-pyrrole nitrogens is 1. The highest BCUT2D eigenvalue weighted by Crippen LogP contribution is 2.23. The Morgan fingerprint density at radius 2 is 2.00 bits per heavy atom. The Hall–Kier alpha value is -2.52. The number of aromatic nitrogens is 4. The lowest BCUT2D eigenvalue weighted by Gasteiger charge is -2.10. The molecule has 2 aromatic heterocycles. The third kappa shape index (κ3) is 3.85. The predicted octanol–water partition coefficient (Wildman–Crippen LogP) is 2.70. The number of nitrogens with zero attached hydrogens (tertiary/aromatic N) is 3. The molecule has 1 amide bonds. The van der Waals surface area contributed by atoms with Gasteiger partial charge >= 0.3 is 5.69 Å². The number of fused-ring (bicyclic) bond motifs is 1. The van der Waals surface area contributed by atoms with Gasteiger partial charge in [-0.15, -0.1) is 0 Å². The first-order valence-electron chi connectivity index (χ1n) is 8.82. The van der Waals surface area contributed by atoms with Crippen LogP contribution in [0.25, 0.3) is 11.2 Å². The maximum absolute atomic E-state index is 12.5. The van der Waals surface area contributed by atoms with Gasteiger partial charge in [-0.2, -0.15) is 0 Å². The first kappa shape index (κ1) is 20.2. The van der Waals surface area contributed by atoms with Crippen LogP contribution in [0.15, 0.2) is 39.0 Å². The summed E-state index contributed by atoms with van der Waals surface area (Å²) in [5.41, 5.74) is 0.348. The number of thioether (sulfide) groups is 1. The van der Waals surface area contributed by atoms with Crippen molar-refractivity contribution in [3.63, 3.8) is 0 Å². The van der Waals surface area contributed by atoms with Crippen molar-refractivity contribution in [2.45, 2.75) is 44.3 Å². The molecule has 0 spiro atoms. The molecule has 3 rings (SSSR count). The van der Waals surface area contributed by atoms with E-state index in [1.807, 2.05) is 6.92 Å². The largest absolute Gasteiger partial charge is 0.332 e. The minimum absolute atomic E-state index is 0.230. The number of carbonyl (C=O) groups excluding carboxylic acids is 1. The molecule has 28 heavy (non-hydrogen) atoms. The number of rotatable bonds is 6. The summed E-state index contributed by atoms with van der Waals surface area (Å²) < 4.78 is 2.60. The molecule has 0 saturated heterocycles. The zero-order chi connectivity index (χ0) is 20.4. The van der Waals surface area contributed by atoms with E-state index < -0.39 is 16.5 Å². The van der Waals surface area contributed by atoms with E-state index in [0.29, 0.717) is 28.1 Å². The zero-order valence-corrected chi connectivity index (χ0v) is 17.2. The molecule has 0 radical (unpaired) electrons.